The van der Waals surface area contributed by atoms with Gasteiger partial charge < -0.3 is 4.57 Å². The summed E-state index contributed by atoms with van der Waals surface area (Å²) < 4.78 is 2.07. The fourth-order valence-corrected chi connectivity index (χ4v) is 2.04. The Morgan fingerprint density at radius 2 is 2.06 bits per heavy atom. The molecular formula is C15H11N3. The first kappa shape index (κ1) is 10.5. The van der Waals surface area contributed by atoms with Crippen LogP contribution in [-0.2, 0) is 0 Å². The van der Waals surface area contributed by atoms with Crippen LogP contribution >= 0.6 is 0 Å². The van der Waals surface area contributed by atoms with Gasteiger partial charge in [0.25, 0.3) is 0 Å². The van der Waals surface area contributed by atoms with E-state index in [1.54, 1.807) is 0 Å². The highest BCUT2D eigenvalue weighted by molar-refractivity contribution is 5.83. The summed E-state index contributed by atoms with van der Waals surface area (Å²) in [5, 5.41) is 9.95. The average molecular weight is 233 g/mol. The van der Waals surface area contributed by atoms with E-state index in [2.05, 4.69) is 15.6 Å². The first-order chi connectivity index (χ1) is 8.78. The highest BCUT2D eigenvalue weighted by atomic mass is 15.0. The fraction of sp³-hybridized carbons (Fsp3) is 0.0667. The number of aromatic nitrogens is 2. The summed E-state index contributed by atoms with van der Waals surface area (Å²) in [5.74, 6) is 0. The minimum atomic E-state index is 0.683. The van der Waals surface area contributed by atoms with Crippen LogP contribution in [0.25, 0.3) is 16.6 Å². The normalized spacial score (nSPS) is 10.4. The van der Waals surface area contributed by atoms with Crippen molar-refractivity contribution in [2.24, 2.45) is 0 Å². The SMILES string of the molecule is Cc1ccc(-n2ccc3cc(C#N)ccc32)cn1. The summed E-state index contributed by atoms with van der Waals surface area (Å²) in [6, 6.07) is 13.9. The molecule has 1 aromatic carbocycles. The third kappa shape index (κ3) is 1.64. The molecule has 0 aliphatic heterocycles. The van der Waals surface area contributed by atoms with E-state index in [0.29, 0.717) is 5.56 Å². The highest BCUT2D eigenvalue weighted by Gasteiger charge is 2.04. The first-order valence-electron chi connectivity index (χ1n) is 5.72. The first-order valence-corrected chi connectivity index (χ1v) is 5.72. The maximum atomic E-state index is 8.88. The Balaban J connectivity index is 2.19. The predicted octanol–water partition coefficient (Wildman–Crippen LogP) is 3.21. The minimum absolute atomic E-state index is 0.683. The van der Waals surface area contributed by atoms with Gasteiger partial charge in [0.2, 0.25) is 0 Å². The van der Waals surface area contributed by atoms with Gasteiger partial charge in [0.05, 0.1) is 29.0 Å². The van der Waals surface area contributed by atoms with Gasteiger partial charge in [0.15, 0.2) is 0 Å². The lowest BCUT2D eigenvalue weighted by atomic mass is 10.2. The molecule has 86 valence electrons. The molecule has 3 aromatic rings. The van der Waals surface area contributed by atoms with Gasteiger partial charge in [0.1, 0.15) is 0 Å². The van der Waals surface area contributed by atoms with Crippen molar-refractivity contribution in [1.29, 1.82) is 5.26 Å². The number of nitriles is 1. The van der Waals surface area contributed by atoms with Gasteiger partial charge in [-0.3, -0.25) is 4.98 Å². The van der Waals surface area contributed by atoms with E-state index in [9.17, 15) is 0 Å². The number of fused-ring (bicyclic) bond motifs is 1. The third-order valence-electron chi connectivity index (χ3n) is 2.99. The van der Waals surface area contributed by atoms with Gasteiger partial charge in [-0.25, -0.2) is 0 Å². The van der Waals surface area contributed by atoms with Crippen molar-refractivity contribution in [3.8, 4) is 11.8 Å². The zero-order chi connectivity index (χ0) is 12.5. The number of hydrogen-bond acceptors (Lipinski definition) is 2. The number of aryl methyl sites for hydroxylation is 1. The van der Waals surface area contributed by atoms with Crippen molar-refractivity contribution in [3.63, 3.8) is 0 Å². The molecule has 0 N–H and O–H groups in total. The molecular weight excluding hydrogens is 222 g/mol. The molecule has 0 saturated carbocycles. The number of rotatable bonds is 1. The lowest BCUT2D eigenvalue weighted by molar-refractivity contribution is 1.08. The smallest absolute Gasteiger partial charge is 0.0991 e. The Hall–Kier alpha value is -2.60. The topological polar surface area (TPSA) is 41.6 Å². The van der Waals surface area contributed by atoms with Gasteiger partial charge in [0, 0.05) is 17.3 Å². The monoisotopic (exact) mass is 233 g/mol. The molecule has 0 bridgehead atoms. The standard InChI is InChI=1S/C15H11N3/c1-11-2-4-14(10-17-11)18-7-6-13-8-12(9-16)3-5-15(13)18/h2-8,10H,1H3. The summed E-state index contributed by atoms with van der Waals surface area (Å²) in [4.78, 5) is 4.30. The van der Waals surface area contributed by atoms with E-state index in [4.69, 9.17) is 5.26 Å². The molecule has 2 heterocycles. The van der Waals surface area contributed by atoms with Crippen LogP contribution in [0, 0.1) is 18.3 Å². The Morgan fingerprint density at radius 3 is 2.78 bits per heavy atom. The largest absolute Gasteiger partial charge is 0.315 e. The lowest BCUT2D eigenvalue weighted by Gasteiger charge is -2.05. The van der Waals surface area contributed by atoms with Crippen LogP contribution in [0.3, 0.4) is 0 Å². The van der Waals surface area contributed by atoms with Crippen LogP contribution in [-0.4, -0.2) is 9.55 Å². The second kappa shape index (κ2) is 4.01. The molecule has 18 heavy (non-hydrogen) atoms. The summed E-state index contributed by atoms with van der Waals surface area (Å²) in [7, 11) is 0. The Kier molecular flexibility index (Phi) is 2.35. The van der Waals surface area contributed by atoms with Gasteiger partial charge in [-0.1, -0.05) is 0 Å². The Bertz CT molecular complexity index is 745. The van der Waals surface area contributed by atoms with Gasteiger partial charge in [-0.2, -0.15) is 5.26 Å². The number of benzene rings is 1. The number of pyridine rings is 1. The van der Waals surface area contributed by atoms with Crippen molar-refractivity contribution in [2.75, 3.05) is 0 Å². The zero-order valence-corrected chi connectivity index (χ0v) is 9.96. The molecule has 0 radical (unpaired) electrons. The van der Waals surface area contributed by atoms with Crippen molar-refractivity contribution in [3.05, 3.63) is 60.0 Å². The van der Waals surface area contributed by atoms with E-state index in [1.807, 2.05) is 55.7 Å². The molecule has 0 unspecified atom stereocenters. The van der Waals surface area contributed by atoms with E-state index in [-0.39, 0.29) is 0 Å². The minimum Gasteiger partial charge on any atom is -0.315 e. The van der Waals surface area contributed by atoms with E-state index in [0.717, 1.165) is 22.3 Å². The van der Waals surface area contributed by atoms with Crippen molar-refractivity contribution in [2.45, 2.75) is 6.92 Å². The Morgan fingerprint density at radius 1 is 1.17 bits per heavy atom. The molecule has 0 aliphatic rings. The predicted molar refractivity (Wildman–Crippen MR) is 70.5 cm³/mol. The molecule has 3 nitrogen and oxygen atoms in total. The van der Waals surface area contributed by atoms with Gasteiger partial charge >= 0.3 is 0 Å². The van der Waals surface area contributed by atoms with Crippen LogP contribution < -0.4 is 0 Å². The summed E-state index contributed by atoms with van der Waals surface area (Å²) >= 11 is 0. The number of nitrogens with zero attached hydrogens (tertiary/aromatic N) is 3. The number of hydrogen-bond donors (Lipinski definition) is 0. The average Bonchev–Trinajstić information content (AvgIpc) is 2.82. The molecule has 0 fully saturated rings. The molecule has 0 atom stereocenters. The molecule has 0 amide bonds. The molecule has 3 heteroatoms. The van der Waals surface area contributed by atoms with Gasteiger partial charge in [-0.15, -0.1) is 0 Å². The van der Waals surface area contributed by atoms with Crippen molar-refractivity contribution in [1.82, 2.24) is 9.55 Å². The quantitative estimate of drug-likeness (QED) is 0.647. The maximum Gasteiger partial charge on any atom is 0.0991 e. The third-order valence-corrected chi connectivity index (χ3v) is 2.99. The van der Waals surface area contributed by atoms with Crippen molar-refractivity contribution >= 4 is 10.9 Å². The van der Waals surface area contributed by atoms with E-state index >= 15 is 0 Å². The molecule has 2 aromatic heterocycles. The summed E-state index contributed by atoms with van der Waals surface area (Å²) in [6.45, 7) is 1.97. The van der Waals surface area contributed by atoms with Crippen LogP contribution in [0.4, 0.5) is 0 Å². The molecule has 0 aliphatic carbocycles. The van der Waals surface area contributed by atoms with Gasteiger partial charge in [-0.05, 0) is 43.3 Å². The molecule has 0 saturated heterocycles. The van der Waals surface area contributed by atoms with Crippen LogP contribution in [0.2, 0.25) is 0 Å². The second-order valence-corrected chi connectivity index (χ2v) is 4.23. The van der Waals surface area contributed by atoms with Crippen LogP contribution in [0.5, 0.6) is 0 Å². The molecule has 3 rings (SSSR count). The van der Waals surface area contributed by atoms with Crippen molar-refractivity contribution < 1.29 is 0 Å². The van der Waals surface area contributed by atoms with E-state index < -0.39 is 0 Å². The summed E-state index contributed by atoms with van der Waals surface area (Å²) in [5.41, 5.74) is 3.80. The lowest BCUT2D eigenvalue weighted by Crippen LogP contribution is -1.93. The zero-order valence-electron chi connectivity index (χ0n) is 9.96. The highest BCUT2D eigenvalue weighted by Crippen LogP contribution is 2.21. The van der Waals surface area contributed by atoms with Crippen LogP contribution in [0.15, 0.2) is 48.8 Å². The fourth-order valence-electron chi connectivity index (χ4n) is 2.04. The summed E-state index contributed by atoms with van der Waals surface area (Å²) in [6.07, 6.45) is 3.85. The second-order valence-electron chi connectivity index (χ2n) is 4.23. The molecule has 0 spiro atoms. The van der Waals surface area contributed by atoms with Crippen LogP contribution in [0.1, 0.15) is 11.3 Å². The van der Waals surface area contributed by atoms with E-state index in [1.165, 1.54) is 0 Å². The maximum absolute atomic E-state index is 8.88. The Labute approximate surface area is 105 Å².